The summed E-state index contributed by atoms with van der Waals surface area (Å²) >= 11 is 3.43. The average molecular weight is 358 g/mol. The maximum absolute atomic E-state index is 11.2. The third-order valence-electron chi connectivity index (χ3n) is 3.15. The number of fused-ring (bicyclic) bond motifs is 1. The van der Waals surface area contributed by atoms with Gasteiger partial charge in [-0.3, -0.25) is 4.99 Å². The van der Waals surface area contributed by atoms with Crippen molar-refractivity contribution in [3.63, 3.8) is 0 Å². The number of methoxy groups -OCH3 is 1. The average Bonchev–Trinajstić information content (AvgIpc) is 2.53. The molecule has 0 aliphatic rings. The van der Waals surface area contributed by atoms with Gasteiger partial charge in [0.15, 0.2) is 0 Å². The van der Waals surface area contributed by atoms with Crippen molar-refractivity contribution < 1.29 is 9.15 Å². The Morgan fingerprint density at radius 3 is 2.82 bits per heavy atom. The zero-order valence-electron chi connectivity index (χ0n) is 11.7. The maximum atomic E-state index is 11.2. The van der Waals surface area contributed by atoms with Crippen LogP contribution in [0, 0.1) is 0 Å². The molecule has 0 N–H and O–H groups in total. The summed E-state index contributed by atoms with van der Waals surface area (Å²) in [4.78, 5) is 15.6. The molecule has 0 saturated heterocycles. The number of nitrogens with zero attached hydrogens (tertiary/aromatic N) is 1. The van der Waals surface area contributed by atoms with Gasteiger partial charge >= 0.3 is 5.63 Å². The van der Waals surface area contributed by atoms with Crippen molar-refractivity contribution >= 4 is 38.8 Å². The van der Waals surface area contributed by atoms with Crippen LogP contribution in [0.1, 0.15) is 5.56 Å². The van der Waals surface area contributed by atoms with Crippen LogP contribution in [0.5, 0.6) is 5.75 Å². The molecular formula is C17H12BrNO3. The molecule has 0 amide bonds. The highest BCUT2D eigenvalue weighted by Crippen LogP contribution is 2.23. The second-order valence-corrected chi connectivity index (χ2v) is 5.54. The highest BCUT2D eigenvalue weighted by molar-refractivity contribution is 9.10. The first kappa shape index (κ1) is 14.5. The van der Waals surface area contributed by atoms with Crippen LogP contribution < -0.4 is 10.4 Å². The molecule has 2 aromatic carbocycles. The highest BCUT2D eigenvalue weighted by Gasteiger charge is 2.02. The molecule has 1 heterocycles. The van der Waals surface area contributed by atoms with E-state index in [1.807, 2.05) is 24.3 Å². The van der Waals surface area contributed by atoms with Gasteiger partial charge in [-0.1, -0.05) is 15.9 Å². The van der Waals surface area contributed by atoms with Crippen LogP contribution in [-0.2, 0) is 0 Å². The van der Waals surface area contributed by atoms with Gasteiger partial charge in [-0.25, -0.2) is 4.79 Å². The summed E-state index contributed by atoms with van der Waals surface area (Å²) in [7, 11) is 1.62. The topological polar surface area (TPSA) is 51.8 Å². The number of aliphatic imine (C=N–C) groups is 1. The lowest BCUT2D eigenvalue weighted by atomic mass is 10.2. The smallest absolute Gasteiger partial charge is 0.336 e. The molecule has 0 atom stereocenters. The van der Waals surface area contributed by atoms with Crippen molar-refractivity contribution in [1.82, 2.24) is 0 Å². The number of hydrogen-bond donors (Lipinski definition) is 0. The second kappa shape index (κ2) is 6.15. The standard InChI is InChI=1S/C17H12BrNO3/c1-21-15-5-3-13(18)8-12(15)10-19-14-4-6-16-11(9-14)2-7-17(20)22-16/h2-10H,1H3. The van der Waals surface area contributed by atoms with Crippen LogP contribution in [0.25, 0.3) is 11.0 Å². The van der Waals surface area contributed by atoms with Crippen LogP contribution in [-0.4, -0.2) is 13.3 Å². The molecule has 0 bridgehead atoms. The van der Waals surface area contributed by atoms with Gasteiger partial charge in [-0.2, -0.15) is 0 Å². The molecule has 4 nitrogen and oxygen atoms in total. The van der Waals surface area contributed by atoms with Gasteiger partial charge in [0, 0.05) is 27.7 Å². The minimum atomic E-state index is -0.359. The fourth-order valence-electron chi connectivity index (χ4n) is 2.09. The van der Waals surface area contributed by atoms with E-state index < -0.39 is 0 Å². The normalized spacial score (nSPS) is 11.2. The summed E-state index contributed by atoms with van der Waals surface area (Å²) < 4.78 is 11.4. The first-order valence-corrected chi connectivity index (χ1v) is 7.36. The molecule has 0 fully saturated rings. The minimum Gasteiger partial charge on any atom is -0.496 e. The predicted octanol–water partition coefficient (Wildman–Crippen LogP) is 4.31. The van der Waals surface area contributed by atoms with E-state index in [9.17, 15) is 4.79 Å². The molecule has 22 heavy (non-hydrogen) atoms. The first-order valence-electron chi connectivity index (χ1n) is 6.57. The third-order valence-corrected chi connectivity index (χ3v) is 3.64. The second-order valence-electron chi connectivity index (χ2n) is 4.62. The Kier molecular flexibility index (Phi) is 4.06. The molecule has 110 valence electrons. The number of benzene rings is 2. The van der Waals surface area contributed by atoms with Crippen molar-refractivity contribution in [2.45, 2.75) is 0 Å². The Morgan fingerprint density at radius 1 is 1.14 bits per heavy atom. The largest absolute Gasteiger partial charge is 0.496 e. The summed E-state index contributed by atoms with van der Waals surface area (Å²) in [5.74, 6) is 0.749. The zero-order valence-corrected chi connectivity index (χ0v) is 13.3. The van der Waals surface area contributed by atoms with Crippen LogP contribution in [0.2, 0.25) is 0 Å². The van der Waals surface area contributed by atoms with E-state index >= 15 is 0 Å². The van der Waals surface area contributed by atoms with Gasteiger partial charge < -0.3 is 9.15 Å². The fraction of sp³-hybridized carbons (Fsp3) is 0.0588. The predicted molar refractivity (Wildman–Crippen MR) is 90.4 cm³/mol. The van der Waals surface area contributed by atoms with Gasteiger partial charge in [0.25, 0.3) is 0 Å². The zero-order chi connectivity index (χ0) is 15.5. The molecule has 3 rings (SSSR count). The Hall–Kier alpha value is -2.40. The SMILES string of the molecule is COc1ccc(Br)cc1C=Nc1ccc2oc(=O)ccc2c1. The molecule has 0 unspecified atom stereocenters. The molecule has 0 radical (unpaired) electrons. The third kappa shape index (κ3) is 3.09. The van der Waals surface area contributed by atoms with Gasteiger partial charge in [0.2, 0.25) is 0 Å². The van der Waals surface area contributed by atoms with E-state index in [1.54, 1.807) is 31.5 Å². The number of ether oxygens (including phenoxy) is 1. The van der Waals surface area contributed by atoms with E-state index in [-0.39, 0.29) is 5.63 Å². The van der Waals surface area contributed by atoms with Crippen molar-refractivity contribution in [3.05, 3.63) is 69.0 Å². The Morgan fingerprint density at radius 2 is 2.00 bits per heavy atom. The van der Waals surface area contributed by atoms with Crippen LogP contribution in [0.4, 0.5) is 5.69 Å². The summed E-state index contributed by atoms with van der Waals surface area (Å²) in [6.45, 7) is 0. The summed E-state index contributed by atoms with van der Waals surface area (Å²) in [6.07, 6.45) is 1.74. The molecule has 0 aliphatic heterocycles. The summed E-state index contributed by atoms with van der Waals surface area (Å²) in [6, 6.07) is 14.2. The molecule has 0 saturated carbocycles. The molecule has 0 aliphatic carbocycles. The Balaban J connectivity index is 1.97. The first-order chi connectivity index (χ1) is 10.7. The van der Waals surface area contributed by atoms with Gasteiger partial charge in [0.05, 0.1) is 12.8 Å². The van der Waals surface area contributed by atoms with Crippen LogP contribution >= 0.6 is 15.9 Å². The van der Waals surface area contributed by atoms with Gasteiger partial charge in [0.1, 0.15) is 11.3 Å². The lowest BCUT2D eigenvalue weighted by Crippen LogP contribution is -1.93. The van der Waals surface area contributed by atoms with E-state index in [4.69, 9.17) is 9.15 Å². The maximum Gasteiger partial charge on any atom is 0.336 e. The van der Waals surface area contributed by atoms with Crippen molar-refractivity contribution in [1.29, 1.82) is 0 Å². The van der Waals surface area contributed by atoms with E-state index in [1.165, 1.54) is 6.07 Å². The number of hydrogen-bond acceptors (Lipinski definition) is 4. The molecule has 5 heteroatoms. The number of halogens is 1. The monoisotopic (exact) mass is 357 g/mol. The Bertz CT molecular complexity index is 915. The lowest BCUT2D eigenvalue weighted by molar-refractivity contribution is 0.414. The fourth-order valence-corrected chi connectivity index (χ4v) is 2.47. The van der Waals surface area contributed by atoms with Crippen molar-refractivity contribution in [3.8, 4) is 5.75 Å². The summed E-state index contributed by atoms with van der Waals surface area (Å²) in [5, 5.41) is 0.829. The Labute approximate surface area is 135 Å². The van der Waals surface area contributed by atoms with Crippen LogP contribution in [0.15, 0.2) is 67.2 Å². The van der Waals surface area contributed by atoms with E-state index in [2.05, 4.69) is 20.9 Å². The molecule has 0 spiro atoms. The quantitative estimate of drug-likeness (QED) is 0.518. The van der Waals surface area contributed by atoms with Gasteiger partial charge in [-0.05, 0) is 42.5 Å². The van der Waals surface area contributed by atoms with Crippen LogP contribution in [0.3, 0.4) is 0 Å². The lowest BCUT2D eigenvalue weighted by Gasteiger charge is -2.04. The summed E-state index contributed by atoms with van der Waals surface area (Å²) in [5.41, 5.74) is 1.83. The van der Waals surface area contributed by atoms with Crippen molar-refractivity contribution in [2.75, 3.05) is 7.11 Å². The minimum absolute atomic E-state index is 0.359. The van der Waals surface area contributed by atoms with E-state index in [0.29, 0.717) is 5.58 Å². The van der Waals surface area contributed by atoms with Crippen molar-refractivity contribution in [2.24, 2.45) is 4.99 Å². The molecular weight excluding hydrogens is 346 g/mol. The van der Waals surface area contributed by atoms with E-state index in [0.717, 1.165) is 26.9 Å². The molecule has 3 aromatic rings. The van der Waals surface area contributed by atoms with Gasteiger partial charge in [-0.15, -0.1) is 0 Å². The number of rotatable bonds is 3. The molecule has 1 aromatic heterocycles. The highest BCUT2D eigenvalue weighted by atomic mass is 79.9.